The van der Waals surface area contributed by atoms with Crippen molar-refractivity contribution in [1.29, 1.82) is 0 Å². The molecule has 2 aromatic rings. The van der Waals surface area contributed by atoms with Crippen molar-refractivity contribution in [1.82, 2.24) is 15.0 Å². The highest BCUT2D eigenvalue weighted by atomic mass is 35.5. The normalized spacial score (nSPS) is 14.0. The molecule has 2 N–H and O–H groups in total. The lowest BCUT2D eigenvalue weighted by molar-refractivity contribution is 0.262. The van der Waals surface area contributed by atoms with Crippen molar-refractivity contribution in [2.75, 3.05) is 10.6 Å². The molecule has 1 aromatic heterocycles. The lowest BCUT2D eigenvalue weighted by Crippen LogP contribution is -2.20. The fourth-order valence-electron chi connectivity index (χ4n) is 2.01. The number of carbonyl (C=O) groups excluding carboxylic acids is 1. The molecule has 7 heteroatoms. The summed E-state index contributed by atoms with van der Waals surface area (Å²) >= 11 is 6.04. The van der Waals surface area contributed by atoms with Gasteiger partial charge in [-0.2, -0.15) is 0 Å². The van der Waals surface area contributed by atoms with Crippen LogP contribution >= 0.6 is 11.6 Å². The molecule has 1 heterocycles. The van der Waals surface area contributed by atoms with Gasteiger partial charge < -0.3 is 5.32 Å². The van der Waals surface area contributed by atoms with E-state index in [0.29, 0.717) is 22.4 Å². The van der Waals surface area contributed by atoms with Gasteiger partial charge in [0, 0.05) is 6.54 Å². The average molecular weight is 306 g/mol. The van der Waals surface area contributed by atoms with Gasteiger partial charge in [-0.05, 0) is 43.4 Å². The Labute approximate surface area is 127 Å². The van der Waals surface area contributed by atoms with Gasteiger partial charge in [0.2, 0.25) is 0 Å². The van der Waals surface area contributed by atoms with E-state index in [0.717, 1.165) is 12.1 Å². The molecule has 0 spiro atoms. The van der Waals surface area contributed by atoms with Crippen LogP contribution in [0.25, 0.3) is 0 Å². The molecule has 1 aliphatic carbocycles. The highest BCUT2D eigenvalue weighted by Gasteiger charge is 2.22. The summed E-state index contributed by atoms with van der Waals surface area (Å²) in [6.45, 7) is 2.79. The summed E-state index contributed by atoms with van der Waals surface area (Å²) in [5.41, 5.74) is 1.59. The van der Waals surface area contributed by atoms with Crippen LogP contribution in [0.2, 0.25) is 5.02 Å². The molecule has 0 radical (unpaired) electrons. The molecular weight excluding hydrogens is 290 g/mol. The Morgan fingerprint density at radius 2 is 2.24 bits per heavy atom. The first-order valence-corrected chi connectivity index (χ1v) is 7.22. The minimum Gasteiger partial charge on any atom is -0.306 e. The van der Waals surface area contributed by atoms with E-state index in [4.69, 9.17) is 11.6 Å². The second-order valence-corrected chi connectivity index (χ2v) is 5.74. The number of nitrogens with one attached hydrogen (secondary N) is 2. The average Bonchev–Trinajstić information content (AvgIpc) is 3.13. The number of benzene rings is 1. The van der Waals surface area contributed by atoms with E-state index in [2.05, 4.69) is 20.9 Å². The summed E-state index contributed by atoms with van der Waals surface area (Å²) in [7, 11) is 0. The number of nitrogens with zero attached hydrogens (tertiary/aromatic N) is 3. The Morgan fingerprint density at radius 1 is 1.43 bits per heavy atom. The first kappa shape index (κ1) is 13.9. The van der Waals surface area contributed by atoms with Crippen molar-refractivity contribution in [2.24, 2.45) is 5.92 Å². The second kappa shape index (κ2) is 5.73. The Hall–Kier alpha value is -2.08. The van der Waals surface area contributed by atoms with Crippen molar-refractivity contribution in [3.05, 3.63) is 35.0 Å². The third-order valence-electron chi connectivity index (χ3n) is 3.29. The van der Waals surface area contributed by atoms with Crippen molar-refractivity contribution >= 4 is 29.1 Å². The molecule has 0 aliphatic heterocycles. The third kappa shape index (κ3) is 3.72. The molecule has 2 amide bonds. The van der Waals surface area contributed by atoms with Crippen LogP contribution in [-0.2, 0) is 6.54 Å². The van der Waals surface area contributed by atoms with Gasteiger partial charge in [0.1, 0.15) is 0 Å². The number of aryl methyl sites for hydroxylation is 1. The Kier molecular flexibility index (Phi) is 3.79. The lowest BCUT2D eigenvalue weighted by Gasteiger charge is -2.08. The highest BCUT2D eigenvalue weighted by Crippen LogP contribution is 2.30. The molecule has 1 fully saturated rings. The summed E-state index contributed by atoms with van der Waals surface area (Å²) in [5, 5.41) is 13.8. The smallest absolute Gasteiger partial charge is 0.306 e. The molecule has 0 unspecified atom stereocenters. The van der Waals surface area contributed by atoms with Crippen LogP contribution in [0, 0.1) is 12.8 Å². The molecule has 0 bridgehead atoms. The predicted octanol–water partition coefficient (Wildman–Crippen LogP) is 3.29. The van der Waals surface area contributed by atoms with Crippen LogP contribution in [0.5, 0.6) is 0 Å². The number of halogens is 1. The minimum atomic E-state index is -0.388. The molecule has 1 aliphatic rings. The van der Waals surface area contributed by atoms with E-state index in [9.17, 15) is 4.79 Å². The van der Waals surface area contributed by atoms with Crippen LogP contribution in [-0.4, -0.2) is 21.0 Å². The Morgan fingerprint density at radius 3 is 3.00 bits per heavy atom. The minimum absolute atomic E-state index is 0.388. The van der Waals surface area contributed by atoms with Crippen LogP contribution in [0.15, 0.2) is 24.4 Å². The molecule has 1 saturated carbocycles. The second-order valence-electron chi connectivity index (χ2n) is 5.33. The van der Waals surface area contributed by atoms with E-state index in [1.165, 1.54) is 12.8 Å². The topological polar surface area (TPSA) is 71.8 Å². The lowest BCUT2D eigenvalue weighted by atomic mass is 10.2. The number of aromatic nitrogens is 3. The van der Waals surface area contributed by atoms with Gasteiger partial charge >= 0.3 is 6.03 Å². The van der Waals surface area contributed by atoms with Crippen LogP contribution in [0.4, 0.5) is 16.3 Å². The van der Waals surface area contributed by atoms with Gasteiger partial charge in [0.05, 0.1) is 16.9 Å². The number of hydrogen-bond donors (Lipinski definition) is 2. The third-order valence-corrected chi connectivity index (χ3v) is 3.62. The van der Waals surface area contributed by atoms with Crippen molar-refractivity contribution in [2.45, 2.75) is 26.3 Å². The number of amides is 2. The van der Waals surface area contributed by atoms with Crippen LogP contribution in [0.3, 0.4) is 0 Å². The molecule has 0 atom stereocenters. The quantitative estimate of drug-likeness (QED) is 0.910. The molecule has 21 heavy (non-hydrogen) atoms. The number of rotatable bonds is 4. The van der Waals surface area contributed by atoms with Gasteiger partial charge in [-0.3, -0.25) is 10.00 Å². The Balaban J connectivity index is 1.60. The van der Waals surface area contributed by atoms with Gasteiger partial charge in [-0.1, -0.05) is 22.9 Å². The first-order chi connectivity index (χ1) is 10.1. The zero-order valence-electron chi connectivity index (χ0n) is 11.6. The van der Waals surface area contributed by atoms with Crippen molar-refractivity contribution < 1.29 is 4.79 Å². The fraction of sp³-hybridized carbons (Fsp3) is 0.357. The highest BCUT2D eigenvalue weighted by molar-refractivity contribution is 6.33. The van der Waals surface area contributed by atoms with Gasteiger partial charge in [-0.15, -0.1) is 5.10 Å². The van der Waals surface area contributed by atoms with Crippen LogP contribution < -0.4 is 10.6 Å². The van der Waals surface area contributed by atoms with E-state index in [1.807, 2.05) is 19.1 Å². The monoisotopic (exact) mass is 305 g/mol. The number of carbonyl (C=O) groups is 1. The Bertz CT molecular complexity index is 665. The molecule has 1 aromatic carbocycles. The van der Waals surface area contributed by atoms with Gasteiger partial charge in [-0.25, -0.2) is 4.79 Å². The fourth-order valence-corrected chi connectivity index (χ4v) is 2.18. The molecule has 3 rings (SSSR count). The summed E-state index contributed by atoms with van der Waals surface area (Å²) in [6, 6.07) is 5.06. The predicted molar refractivity (Wildman–Crippen MR) is 81.6 cm³/mol. The number of hydrogen-bond acceptors (Lipinski definition) is 3. The van der Waals surface area contributed by atoms with E-state index in [1.54, 1.807) is 16.9 Å². The zero-order chi connectivity index (χ0) is 14.8. The molecular formula is C14H16ClN5O. The maximum absolute atomic E-state index is 11.9. The van der Waals surface area contributed by atoms with Gasteiger partial charge in [0.25, 0.3) is 0 Å². The molecule has 110 valence electrons. The molecule has 0 saturated heterocycles. The SMILES string of the molecule is Cc1ccc(Cl)c(NC(=O)Nc2cn(CC3CC3)nn2)c1. The standard InChI is InChI=1S/C14H16ClN5O/c1-9-2-5-11(15)12(6-9)16-14(21)17-13-8-20(19-18-13)7-10-3-4-10/h2,5-6,8,10H,3-4,7H2,1H3,(H2,16,17,21). The largest absolute Gasteiger partial charge is 0.324 e. The van der Waals surface area contributed by atoms with Gasteiger partial charge in [0.15, 0.2) is 5.82 Å². The summed E-state index contributed by atoms with van der Waals surface area (Å²) in [6.07, 6.45) is 4.22. The van der Waals surface area contributed by atoms with Crippen molar-refractivity contribution in [3.63, 3.8) is 0 Å². The van der Waals surface area contributed by atoms with E-state index >= 15 is 0 Å². The van der Waals surface area contributed by atoms with Crippen molar-refractivity contribution in [3.8, 4) is 0 Å². The molecule has 6 nitrogen and oxygen atoms in total. The maximum Gasteiger partial charge on any atom is 0.324 e. The first-order valence-electron chi connectivity index (χ1n) is 6.84. The number of urea groups is 1. The van der Waals surface area contributed by atoms with E-state index in [-0.39, 0.29) is 6.03 Å². The summed E-state index contributed by atoms with van der Waals surface area (Å²) in [4.78, 5) is 11.9. The zero-order valence-corrected chi connectivity index (χ0v) is 12.4. The maximum atomic E-state index is 11.9. The summed E-state index contributed by atoms with van der Waals surface area (Å²) < 4.78 is 1.76. The van der Waals surface area contributed by atoms with Crippen LogP contribution in [0.1, 0.15) is 18.4 Å². The van der Waals surface area contributed by atoms with E-state index < -0.39 is 0 Å². The number of anilines is 2. The summed E-state index contributed by atoms with van der Waals surface area (Å²) in [5.74, 6) is 1.14.